The topological polar surface area (TPSA) is 59.0 Å². The maximum atomic E-state index is 12.0. The molecule has 100 valence electrons. The summed E-state index contributed by atoms with van der Waals surface area (Å²) in [6, 6.07) is 0.559. The van der Waals surface area contributed by atoms with Gasteiger partial charge in [-0.3, -0.25) is 4.79 Å². The van der Waals surface area contributed by atoms with Crippen LogP contribution in [0.1, 0.15) is 32.7 Å². The molecule has 2 rings (SSSR count). The Morgan fingerprint density at radius 2 is 2.44 bits per heavy atom. The van der Waals surface area contributed by atoms with E-state index >= 15 is 0 Å². The number of rotatable bonds is 4. The van der Waals surface area contributed by atoms with E-state index in [-0.39, 0.29) is 11.6 Å². The summed E-state index contributed by atoms with van der Waals surface area (Å²) in [5.74, 6) is 0. The van der Waals surface area contributed by atoms with Crippen LogP contribution in [0.25, 0.3) is 0 Å². The Morgan fingerprint density at radius 1 is 1.67 bits per heavy atom. The van der Waals surface area contributed by atoms with Crippen LogP contribution in [-0.4, -0.2) is 28.9 Å². The molecule has 2 heterocycles. The minimum atomic E-state index is -0.0885. The average molecular weight is 315 g/mol. The Balaban J connectivity index is 2.09. The molecule has 1 aromatic rings. The van der Waals surface area contributed by atoms with E-state index in [9.17, 15) is 4.79 Å². The first-order chi connectivity index (χ1) is 8.59. The maximum Gasteiger partial charge on any atom is 0.283 e. The highest BCUT2D eigenvalue weighted by Crippen LogP contribution is 2.17. The zero-order valence-corrected chi connectivity index (χ0v) is 12.3. The molecule has 0 spiro atoms. The van der Waals surface area contributed by atoms with Gasteiger partial charge in [-0.2, -0.15) is 5.10 Å². The van der Waals surface area contributed by atoms with Crippen molar-refractivity contribution < 1.29 is 0 Å². The lowest BCUT2D eigenvalue weighted by molar-refractivity contribution is 0.501. The largest absolute Gasteiger partial charge is 0.381 e. The minimum absolute atomic E-state index is 0.0688. The first-order valence-corrected chi connectivity index (χ1v) is 7.13. The third-order valence-corrected chi connectivity index (χ3v) is 3.90. The van der Waals surface area contributed by atoms with Crippen LogP contribution in [0.5, 0.6) is 0 Å². The van der Waals surface area contributed by atoms with Crippen LogP contribution in [0.3, 0.4) is 0 Å². The molecule has 1 unspecified atom stereocenters. The fraction of sp³-hybridized carbons (Fsp3) is 0.667. The number of anilines is 1. The Kier molecular flexibility index (Phi) is 4.40. The van der Waals surface area contributed by atoms with Crippen LogP contribution >= 0.6 is 15.9 Å². The van der Waals surface area contributed by atoms with Crippen LogP contribution in [-0.2, 0) is 0 Å². The number of nitrogens with one attached hydrogen (secondary N) is 2. The molecule has 1 aromatic heterocycles. The SMILES string of the molecule is CC(C)n1ncc(NCC2CCCN2)c(Br)c1=O. The summed E-state index contributed by atoms with van der Waals surface area (Å²) < 4.78 is 2.03. The van der Waals surface area contributed by atoms with E-state index in [1.54, 1.807) is 6.20 Å². The van der Waals surface area contributed by atoms with Crippen molar-refractivity contribution in [1.29, 1.82) is 0 Å². The van der Waals surface area contributed by atoms with Gasteiger partial charge in [0.1, 0.15) is 4.47 Å². The molecule has 0 radical (unpaired) electrons. The van der Waals surface area contributed by atoms with Gasteiger partial charge in [-0.25, -0.2) is 4.68 Å². The number of halogens is 1. The number of aromatic nitrogens is 2. The van der Waals surface area contributed by atoms with Crippen LogP contribution in [0.2, 0.25) is 0 Å². The van der Waals surface area contributed by atoms with E-state index in [4.69, 9.17) is 0 Å². The van der Waals surface area contributed by atoms with Gasteiger partial charge in [0.15, 0.2) is 0 Å². The molecule has 0 aromatic carbocycles. The van der Waals surface area contributed by atoms with Crippen molar-refractivity contribution >= 4 is 21.6 Å². The zero-order valence-electron chi connectivity index (χ0n) is 10.7. The highest BCUT2D eigenvalue weighted by Gasteiger charge is 2.15. The van der Waals surface area contributed by atoms with Crippen molar-refractivity contribution in [2.45, 2.75) is 38.8 Å². The van der Waals surface area contributed by atoms with Crippen molar-refractivity contribution in [1.82, 2.24) is 15.1 Å². The molecule has 1 aliphatic heterocycles. The van der Waals surface area contributed by atoms with Crippen LogP contribution in [0, 0.1) is 0 Å². The lowest BCUT2D eigenvalue weighted by Crippen LogP contribution is -2.31. The summed E-state index contributed by atoms with van der Waals surface area (Å²) in [4.78, 5) is 12.0. The fourth-order valence-corrected chi connectivity index (χ4v) is 2.52. The standard InChI is InChI=1S/C12H19BrN4O/c1-8(2)17-12(18)11(13)10(7-16-17)15-6-9-4-3-5-14-9/h7-9,14-15H,3-6H2,1-2H3. The van der Waals surface area contributed by atoms with Gasteiger partial charge < -0.3 is 10.6 Å². The highest BCUT2D eigenvalue weighted by atomic mass is 79.9. The Hall–Kier alpha value is -0.880. The van der Waals surface area contributed by atoms with E-state index in [2.05, 4.69) is 31.7 Å². The van der Waals surface area contributed by atoms with Crippen molar-refractivity contribution in [3.63, 3.8) is 0 Å². The van der Waals surface area contributed by atoms with Gasteiger partial charge in [0.05, 0.1) is 17.9 Å². The van der Waals surface area contributed by atoms with Crippen LogP contribution in [0.4, 0.5) is 5.69 Å². The maximum absolute atomic E-state index is 12.0. The average Bonchev–Trinajstić information content (AvgIpc) is 2.83. The summed E-state index contributed by atoms with van der Waals surface area (Å²) in [7, 11) is 0. The molecule has 0 bridgehead atoms. The molecule has 2 N–H and O–H groups in total. The molecule has 6 heteroatoms. The summed E-state index contributed by atoms with van der Waals surface area (Å²) in [6.45, 7) is 5.79. The molecular weight excluding hydrogens is 296 g/mol. The van der Waals surface area contributed by atoms with E-state index in [1.807, 2.05) is 13.8 Å². The first-order valence-electron chi connectivity index (χ1n) is 6.34. The predicted octanol–water partition coefficient (Wildman–Crippen LogP) is 1.75. The van der Waals surface area contributed by atoms with Crippen molar-refractivity contribution in [3.05, 3.63) is 21.0 Å². The molecule has 5 nitrogen and oxygen atoms in total. The summed E-state index contributed by atoms with van der Waals surface area (Å²) in [6.07, 6.45) is 4.11. The first kappa shape index (κ1) is 13.5. The number of hydrogen-bond donors (Lipinski definition) is 2. The molecule has 0 aliphatic carbocycles. The van der Waals surface area contributed by atoms with E-state index in [0.29, 0.717) is 10.5 Å². The van der Waals surface area contributed by atoms with E-state index in [1.165, 1.54) is 17.5 Å². The van der Waals surface area contributed by atoms with Crippen LogP contribution < -0.4 is 16.2 Å². The Bertz CT molecular complexity index is 466. The third kappa shape index (κ3) is 2.92. The Morgan fingerprint density at radius 3 is 3.06 bits per heavy atom. The second-order valence-electron chi connectivity index (χ2n) is 4.89. The van der Waals surface area contributed by atoms with Gasteiger partial charge in [-0.1, -0.05) is 0 Å². The predicted molar refractivity (Wildman–Crippen MR) is 76.1 cm³/mol. The smallest absolute Gasteiger partial charge is 0.283 e. The minimum Gasteiger partial charge on any atom is -0.381 e. The second kappa shape index (κ2) is 5.84. The van der Waals surface area contributed by atoms with Gasteiger partial charge >= 0.3 is 0 Å². The third-order valence-electron chi connectivity index (χ3n) is 3.13. The highest BCUT2D eigenvalue weighted by molar-refractivity contribution is 9.10. The normalized spacial score (nSPS) is 19.4. The molecule has 1 saturated heterocycles. The van der Waals surface area contributed by atoms with Gasteiger partial charge in [0.2, 0.25) is 0 Å². The number of hydrogen-bond acceptors (Lipinski definition) is 4. The quantitative estimate of drug-likeness (QED) is 0.889. The second-order valence-corrected chi connectivity index (χ2v) is 5.68. The van der Waals surface area contributed by atoms with Gasteiger partial charge in [0, 0.05) is 12.6 Å². The Labute approximate surface area is 115 Å². The van der Waals surface area contributed by atoms with E-state index < -0.39 is 0 Å². The monoisotopic (exact) mass is 314 g/mol. The van der Waals surface area contributed by atoms with Crippen molar-refractivity contribution in [2.24, 2.45) is 0 Å². The van der Waals surface area contributed by atoms with E-state index in [0.717, 1.165) is 18.8 Å². The lowest BCUT2D eigenvalue weighted by atomic mass is 10.2. The summed E-state index contributed by atoms with van der Waals surface area (Å²) >= 11 is 3.35. The molecular formula is C12H19BrN4O. The van der Waals surface area contributed by atoms with Gasteiger partial charge in [-0.15, -0.1) is 0 Å². The van der Waals surface area contributed by atoms with Crippen molar-refractivity contribution in [2.75, 3.05) is 18.4 Å². The molecule has 0 amide bonds. The van der Waals surface area contributed by atoms with Crippen LogP contribution in [0.15, 0.2) is 15.5 Å². The van der Waals surface area contributed by atoms with Crippen molar-refractivity contribution in [3.8, 4) is 0 Å². The molecule has 1 aliphatic rings. The molecule has 18 heavy (non-hydrogen) atoms. The molecule has 0 saturated carbocycles. The molecule has 1 fully saturated rings. The zero-order chi connectivity index (χ0) is 13.1. The number of nitrogens with zero attached hydrogens (tertiary/aromatic N) is 2. The molecule has 1 atom stereocenters. The fourth-order valence-electron chi connectivity index (χ4n) is 2.10. The van der Waals surface area contributed by atoms with Gasteiger partial charge in [0.25, 0.3) is 5.56 Å². The summed E-state index contributed by atoms with van der Waals surface area (Å²) in [5.41, 5.74) is 0.681. The summed E-state index contributed by atoms with van der Waals surface area (Å²) in [5, 5.41) is 10.9. The van der Waals surface area contributed by atoms with Gasteiger partial charge in [-0.05, 0) is 49.2 Å². The lowest BCUT2D eigenvalue weighted by Gasteiger charge is -2.15.